The molecule has 0 aliphatic carbocycles. The summed E-state index contributed by atoms with van der Waals surface area (Å²) in [4.78, 5) is 28.3. The first-order chi connectivity index (χ1) is 12.0. The first-order valence-electron chi connectivity index (χ1n) is 8.33. The van der Waals surface area contributed by atoms with Gasteiger partial charge in [-0.3, -0.25) is 19.8 Å². The zero-order valence-electron chi connectivity index (χ0n) is 14.4. The molecule has 7 heteroatoms. The molecular weight excluding hydrogens is 338 g/mol. The molecule has 2 heterocycles. The van der Waals surface area contributed by atoms with Crippen LogP contribution in [0.15, 0.2) is 23.8 Å². The highest BCUT2D eigenvalue weighted by molar-refractivity contribution is 7.80. The second-order valence-corrected chi connectivity index (χ2v) is 6.40. The number of carbonyl (C=O) groups excluding carboxylic acids is 2. The van der Waals surface area contributed by atoms with Crippen molar-refractivity contribution in [3.63, 3.8) is 0 Å². The van der Waals surface area contributed by atoms with E-state index in [2.05, 4.69) is 10.2 Å². The van der Waals surface area contributed by atoms with Crippen molar-refractivity contribution in [2.24, 2.45) is 0 Å². The summed E-state index contributed by atoms with van der Waals surface area (Å²) < 4.78 is 5.39. The van der Waals surface area contributed by atoms with Gasteiger partial charge in [0, 0.05) is 25.3 Å². The standard InChI is InChI=1S/C18H21N3O3S/c1-3-21-17(23)14(16(22)19-18(21)25)11-13-4-5-15(12(2)10-13)20-6-8-24-9-7-20/h4-5,10-11H,3,6-9H2,1-2H3,(H,19,22,25)/b14-11+. The molecule has 25 heavy (non-hydrogen) atoms. The van der Waals surface area contributed by atoms with Gasteiger partial charge in [-0.1, -0.05) is 6.07 Å². The second kappa shape index (κ2) is 7.33. The van der Waals surface area contributed by atoms with Crippen molar-refractivity contribution in [2.45, 2.75) is 13.8 Å². The summed E-state index contributed by atoms with van der Waals surface area (Å²) in [7, 11) is 0. The molecule has 0 unspecified atom stereocenters. The summed E-state index contributed by atoms with van der Waals surface area (Å²) >= 11 is 5.04. The maximum atomic E-state index is 12.5. The van der Waals surface area contributed by atoms with Gasteiger partial charge in [-0.2, -0.15) is 0 Å². The molecule has 2 aliphatic rings. The van der Waals surface area contributed by atoms with Crippen LogP contribution in [0.5, 0.6) is 0 Å². The number of nitrogens with zero attached hydrogens (tertiary/aromatic N) is 2. The molecule has 2 amide bonds. The summed E-state index contributed by atoms with van der Waals surface area (Å²) in [5.74, 6) is -0.805. The van der Waals surface area contributed by atoms with Crippen LogP contribution in [0.4, 0.5) is 5.69 Å². The van der Waals surface area contributed by atoms with Gasteiger partial charge in [-0.25, -0.2) is 0 Å². The Hall–Kier alpha value is -2.25. The fraction of sp³-hybridized carbons (Fsp3) is 0.389. The third-order valence-electron chi connectivity index (χ3n) is 4.39. The van der Waals surface area contributed by atoms with Crippen LogP contribution < -0.4 is 10.2 Å². The largest absolute Gasteiger partial charge is 0.378 e. The Kier molecular flexibility index (Phi) is 5.15. The molecule has 1 aromatic rings. The van der Waals surface area contributed by atoms with Gasteiger partial charge in [0.1, 0.15) is 5.57 Å². The summed E-state index contributed by atoms with van der Waals surface area (Å²) in [6.07, 6.45) is 1.62. The Morgan fingerprint density at radius 3 is 2.64 bits per heavy atom. The zero-order valence-corrected chi connectivity index (χ0v) is 15.2. The third kappa shape index (κ3) is 3.57. The minimum Gasteiger partial charge on any atom is -0.378 e. The van der Waals surface area contributed by atoms with Gasteiger partial charge >= 0.3 is 0 Å². The summed E-state index contributed by atoms with van der Waals surface area (Å²) in [6, 6.07) is 5.94. The minimum atomic E-state index is -0.449. The lowest BCUT2D eigenvalue weighted by Crippen LogP contribution is -2.53. The summed E-state index contributed by atoms with van der Waals surface area (Å²) in [5.41, 5.74) is 3.18. The zero-order chi connectivity index (χ0) is 18.0. The van der Waals surface area contributed by atoms with Crippen LogP contribution in [0, 0.1) is 6.92 Å². The number of thiocarbonyl (C=S) groups is 1. The van der Waals surface area contributed by atoms with Crippen molar-refractivity contribution in [1.29, 1.82) is 0 Å². The van der Waals surface area contributed by atoms with E-state index in [1.54, 1.807) is 6.08 Å². The first-order valence-corrected chi connectivity index (χ1v) is 8.74. The van der Waals surface area contributed by atoms with E-state index in [4.69, 9.17) is 17.0 Å². The maximum Gasteiger partial charge on any atom is 0.265 e. The maximum absolute atomic E-state index is 12.5. The van der Waals surface area contributed by atoms with Crippen LogP contribution in [-0.4, -0.2) is 54.7 Å². The average molecular weight is 359 g/mol. The molecule has 2 fully saturated rings. The molecule has 2 saturated heterocycles. The highest BCUT2D eigenvalue weighted by Crippen LogP contribution is 2.24. The Bertz CT molecular complexity index is 754. The van der Waals surface area contributed by atoms with E-state index in [0.717, 1.165) is 43.1 Å². The lowest BCUT2D eigenvalue weighted by molar-refractivity contribution is -0.128. The number of anilines is 1. The van der Waals surface area contributed by atoms with Crippen molar-refractivity contribution < 1.29 is 14.3 Å². The van der Waals surface area contributed by atoms with E-state index in [1.165, 1.54) is 4.90 Å². The number of ether oxygens (including phenoxy) is 1. The van der Waals surface area contributed by atoms with Gasteiger partial charge in [-0.15, -0.1) is 0 Å². The van der Waals surface area contributed by atoms with Crippen LogP contribution in [0.25, 0.3) is 6.08 Å². The molecule has 1 aromatic carbocycles. The van der Waals surface area contributed by atoms with Gasteiger partial charge in [0.2, 0.25) is 0 Å². The van der Waals surface area contributed by atoms with Crippen LogP contribution in [0.1, 0.15) is 18.1 Å². The van der Waals surface area contributed by atoms with Gasteiger partial charge in [0.05, 0.1) is 13.2 Å². The van der Waals surface area contributed by atoms with E-state index in [0.29, 0.717) is 6.54 Å². The van der Waals surface area contributed by atoms with E-state index in [-0.39, 0.29) is 16.6 Å². The molecule has 3 rings (SSSR count). The van der Waals surface area contributed by atoms with Gasteiger partial charge < -0.3 is 9.64 Å². The Morgan fingerprint density at radius 2 is 2.00 bits per heavy atom. The number of hydrogen-bond donors (Lipinski definition) is 1. The fourth-order valence-corrected chi connectivity index (χ4v) is 3.38. The molecular formula is C18H21N3O3S. The number of carbonyl (C=O) groups is 2. The van der Waals surface area contributed by atoms with Crippen LogP contribution >= 0.6 is 12.2 Å². The van der Waals surface area contributed by atoms with Crippen LogP contribution in [0.3, 0.4) is 0 Å². The highest BCUT2D eigenvalue weighted by Gasteiger charge is 2.32. The quantitative estimate of drug-likeness (QED) is 0.503. The van der Waals surface area contributed by atoms with Crippen LogP contribution in [0.2, 0.25) is 0 Å². The van der Waals surface area contributed by atoms with Crippen molar-refractivity contribution in [3.05, 3.63) is 34.9 Å². The van der Waals surface area contributed by atoms with E-state index >= 15 is 0 Å². The smallest absolute Gasteiger partial charge is 0.265 e. The van der Waals surface area contributed by atoms with Gasteiger partial charge in [0.15, 0.2) is 5.11 Å². The van der Waals surface area contributed by atoms with E-state index < -0.39 is 5.91 Å². The Morgan fingerprint density at radius 1 is 1.28 bits per heavy atom. The van der Waals surface area contributed by atoms with Crippen molar-refractivity contribution in [3.8, 4) is 0 Å². The summed E-state index contributed by atoms with van der Waals surface area (Å²) in [6.45, 7) is 7.46. The molecule has 6 nitrogen and oxygen atoms in total. The molecule has 0 atom stereocenters. The van der Waals surface area contributed by atoms with Crippen LogP contribution in [-0.2, 0) is 14.3 Å². The molecule has 0 saturated carbocycles. The fourth-order valence-electron chi connectivity index (χ4n) is 3.08. The van der Waals surface area contributed by atoms with Crippen molar-refractivity contribution in [1.82, 2.24) is 10.2 Å². The Balaban J connectivity index is 1.87. The predicted molar refractivity (Wildman–Crippen MR) is 100 cm³/mol. The number of rotatable bonds is 3. The number of amides is 2. The molecule has 2 aliphatic heterocycles. The molecule has 0 radical (unpaired) electrons. The first kappa shape index (κ1) is 17.6. The number of benzene rings is 1. The normalized spacial score (nSPS) is 20.2. The third-order valence-corrected chi connectivity index (χ3v) is 4.71. The topological polar surface area (TPSA) is 61.9 Å². The molecule has 0 aromatic heterocycles. The van der Waals surface area contributed by atoms with Gasteiger partial charge in [-0.05, 0) is 55.4 Å². The van der Waals surface area contributed by atoms with E-state index in [1.807, 2.05) is 32.0 Å². The van der Waals surface area contributed by atoms with E-state index in [9.17, 15) is 9.59 Å². The van der Waals surface area contributed by atoms with Crippen molar-refractivity contribution >= 4 is 40.9 Å². The SMILES string of the molecule is CCN1C(=O)/C(=C/c2ccc(N3CCOCC3)c(C)c2)C(=O)NC1=S. The number of aryl methyl sites for hydroxylation is 1. The monoisotopic (exact) mass is 359 g/mol. The number of hydrogen-bond acceptors (Lipinski definition) is 5. The molecule has 0 bridgehead atoms. The number of likely N-dealkylation sites (N-methyl/N-ethyl adjacent to an activating group) is 1. The molecule has 1 N–H and O–H groups in total. The van der Waals surface area contributed by atoms with Crippen molar-refractivity contribution in [2.75, 3.05) is 37.7 Å². The predicted octanol–water partition coefficient (Wildman–Crippen LogP) is 1.48. The highest BCUT2D eigenvalue weighted by atomic mass is 32.1. The molecule has 0 spiro atoms. The number of nitrogens with one attached hydrogen (secondary N) is 1. The minimum absolute atomic E-state index is 0.106. The Labute approximate surface area is 152 Å². The second-order valence-electron chi connectivity index (χ2n) is 6.01. The molecule has 132 valence electrons. The average Bonchev–Trinajstić information content (AvgIpc) is 2.60. The number of morpholine rings is 1. The summed E-state index contributed by atoms with van der Waals surface area (Å²) in [5, 5.41) is 2.73. The lowest BCUT2D eigenvalue weighted by Gasteiger charge is -2.30. The van der Waals surface area contributed by atoms with Gasteiger partial charge in [0.25, 0.3) is 11.8 Å². The lowest BCUT2D eigenvalue weighted by atomic mass is 10.0.